The van der Waals surface area contributed by atoms with E-state index in [-0.39, 0.29) is 22.9 Å². The number of anilines is 2. The summed E-state index contributed by atoms with van der Waals surface area (Å²) in [6, 6.07) is 15.4. The molecule has 0 bridgehead atoms. The Balaban J connectivity index is 0.00000113. The first-order valence-corrected chi connectivity index (χ1v) is 12.1. The number of nitrogen functional groups attached to an aromatic ring is 2. The van der Waals surface area contributed by atoms with Crippen molar-refractivity contribution in [3.05, 3.63) is 60.2 Å². The van der Waals surface area contributed by atoms with E-state index in [1.165, 1.54) is 6.07 Å². The molecule has 7 N–H and O–H groups in total. The number of rotatable bonds is 6. The van der Waals surface area contributed by atoms with Crippen molar-refractivity contribution in [3.63, 3.8) is 0 Å². The zero-order valence-corrected chi connectivity index (χ0v) is 20.3. The molecular weight excluding hydrogens is 507 g/mol. The highest BCUT2D eigenvalue weighted by molar-refractivity contribution is 14.1. The summed E-state index contributed by atoms with van der Waals surface area (Å²) in [5.74, 6) is 0.218. The van der Waals surface area contributed by atoms with Gasteiger partial charge in [0.25, 0.3) is 0 Å². The summed E-state index contributed by atoms with van der Waals surface area (Å²) >= 11 is 2.15. The van der Waals surface area contributed by atoms with Gasteiger partial charge in [-0.05, 0) is 65.3 Å². The first-order chi connectivity index (χ1) is 15.0. The molecule has 168 valence electrons. The number of phenolic OH excluding ortho intramolecular Hbond substituents is 3. The minimum Gasteiger partial charge on any atom is -0.508 e. The van der Waals surface area contributed by atoms with Crippen molar-refractivity contribution in [1.82, 2.24) is 0 Å². The average molecular weight is 538 g/mol. The zero-order chi connectivity index (χ0) is 23.4. The van der Waals surface area contributed by atoms with Gasteiger partial charge in [-0.15, -0.1) is 0 Å². The Morgan fingerprint density at radius 3 is 2.13 bits per heavy atom. The molecule has 6 nitrogen and oxygen atoms in total. The largest absolute Gasteiger partial charge is 0.508 e. The SMILES string of the molecule is CC.CI.Nc1cc(-c2ccc(O)c(O)c2N)ccc1OCCCc1ccc(O)cc1. The quantitative estimate of drug-likeness (QED) is 0.0900. The van der Waals surface area contributed by atoms with Crippen LogP contribution in [0.3, 0.4) is 0 Å². The maximum Gasteiger partial charge on any atom is 0.181 e. The molecule has 0 unspecified atom stereocenters. The summed E-state index contributed by atoms with van der Waals surface area (Å²) < 4.78 is 5.75. The van der Waals surface area contributed by atoms with Crippen LogP contribution in [-0.2, 0) is 6.42 Å². The number of halogens is 1. The van der Waals surface area contributed by atoms with E-state index >= 15 is 0 Å². The third-order valence-electron chi connectivity index (χ3n) is 4.32. The predicted octanol–water partition coefficient (Wildman–Crippen LogP) is 5.72. The maximum atomic E-state index is 9.78. The lowest BCUT2D eigenvalue weighted by Crippen LogP contribution is -2.02. The Hall–Kier alpha value is -2.81. The molecule has 3 aromatic rings. The molecule has 0 saturated heterocycles. The second-order valence-corrected chi connectivity index (χ2v) is 6.27. The molecule has 0 saturated carbocycles. The van der Waals surface area contributed by atoms with Gasteiger partial charge in [-0.2, -0.15) is 0 Å². The van der Waals surface area contributed by atoms with Gasteiger partial charge in [0.15, 0.2) is 11.5 Å². The number of hydrogen-bond donors (Lipinski definition) is 5. The Morgan fingerprint density at radius 2 is 1.52 bits per heavy atom. The van der Waals surface area contributed by atoms with Gasteiger partial charge in [-0.3, -0.25) is 0 Å². The number of benzene rings is 3. The van der Waals surface area contributed by atoms with E-state index in [9.17, 15) is 15.3 Å². The Kier molecular flexibility index (Phi) is 11.4. The highest BCUT2D eigenvalue weighted by Crippen LogP contribution is 2.40. The van der Waals surface area contributed by atoms with Gasteiger partial charge in [0, 0.05) is 5.56 Å². The summed E-state index contributed by atoms with van der Waals surface area (Å²) in [5.41, 5.74) is 14.9. The highest BCUT2D eigenvalue weighted by atomic mass is 127. The van der Waals surface area contributed by atoms with Crippen LogP contribution in [0.1, 0.15) is 25.8 Å². The number of alkyl halides is 1. The molecule has 0 amide bonds. The van der Waals surface area contributed by atoms with Crippen LogP contribution < -0.4 is 16.2 Å². The molecule has 0 atom stereocenters. The Morgan fingerprint density at radius 1 is 0.871 bits per heavy atom. The standard InChI is InChI=1S/C21H22N2O4.C2H6.CH3I/c22-17-12-14(16-8-9-18(25)21(26)20(16)23)5-10-19(17)27-11-1-2-13-3-6-15(24)7-4-13;2*1-2/h3-10,12,24-26H,1-2,11,22-23H2;1-2H3;1H3. The molecule has 0 radical (unpaired) electrons. The second-order valence-electron chi connectivity index (χ2n) is 6.27. The van der Waals surface area contributed by atoms with E-state index in [2.05, 4.69) is 22.6 Å². The number of aromatic hydroxyl groups is 3. The minimum atomic E-state index is -0.347. The number of phenols is 3. The summed E-state index contributed by atoms with van der Waals surface area (Å²) in [5, 5.41) is 28.6. The van der Waals surface area contributed by atoms with Crippen LogP contribution in [-0.4, -0.2) is 26.9 Å². The van der Waals surface area contributed by atoms with Crippen LogP contribution in [0.15, 0.2) is 54.6 Å². The van der Waals surface area contributed by atoms with Gasteiger partial charge in [0.2, 0.25) is 0 Å². The van der Waals surface area contributed by atoms with Crippen molar-refractivity contribution in [2.75, 3.05) is 23.0 Å². The monoisotopic (exact) mass is 538 g/mol. The van der Waals surface area contributed by atoms with Crippen LogP contribution in [0.25, 0.3) is 11.1 Å². The molecule has 3 aromatic carbocycles. The van der Waals surface area contributed by atoms with Crippen molar-refractivity contribution in [3.8, 4) is 34.1 Å². The van der Waals surface area contributed by atoms with Crippen LogP contribution in [0, 0.1) is 0 Å². The van der Waals surface area contributed by atoms with Crippen molar-refractivity contribution in [1.29, 1.82) is 0 Å². The molecule has 0 aliphatic carbocycles. The van der Waals surface area contributed by atoms with E-state index in [1.54, 1.807) is 36.4 Å². The molecule has 7 heteroatoms. The van der Waals surface area contributed by atoms with E-state index in [4.69, 9.17) is 16.2 Å². The van der Waals surface area contributed by atoms with Crippen molar-refractivity contribution < 1.29 is 20.1 Å². The molecule has 0 heterocycles. The first kappa shape index (κ1) is 26.2. The zero-order valence-electron chi connectivity index (χ0n) is 18.1. The Labute approximate surface area is 197 Å². The van der Waals surface area contributed by atoms with E-state index in [0.717, 1.165) is 24.0 Å². The number of ether oxygens (including phenoxy) is 1. The smallest absolute Gasteiger partial charge is 0.181 e. The van der Waals surface area contributed by atoms with E-state index in [1.807, 2.05) is 30.9 Å². The van der Waals surface area contributed by atoms with Crippen LogP contribution in [0.2, 0.25) is 0 Å². The third-order valence-corrected chi connectivity index (χ3v) is 4.32. The molecule has 31 heavy (non-hydrogen) atoms. The van der Waals surface area contributed by atoms with Gasteiger partial charge in [0.1, 0.15) is 11.5 Å². The van der Waals surface area contributed by atoms with Crippen LogP contribution in [0.4, 0.5) is 11.4 Å². The van der Waals surface area contributed by atoms with Crippen LogP contribution in [0.5, 0.6) is 23.0 Å². The molecular formula is C24H31IN2O4. The van der Waals surface area contributed by atoms with E-state index in [0.29, 0.717) is 23.6 Å². The van der Waals surface area contributed by atoms with E-state index < -0.39 is 0 Å². The molecule has 0 fully saturated rings. The minimum absolute atomic E-state index is 0.0944. The average Bonchev–Trinajstić information content (AvgIpc) is 2.80. The van der Waals surface area contributed by atoms with Gasteiger partial charge in [-0.25, -0.2) is 0 Å². The summed E-state index contributed by atoms with van der Waals surface area (Å²) in [6.07, 6.45) is 1.65. The fourth-order valence-corrected chi connectivity index (χ4v) is 2.82. The van der Waals surface area contributed by atoms with Crippen LogP contribution >= 0.6 is 22.6 Å². The summed E-state index contributed by atoms with van der Waals surface area (Å²) in [6.45, 7) is 4.51. The normalized spacial score (nSPS) is 9.68. The molecule has 0 aromatic heterocycles. The molecule has 0 spiro atoms. The summed E-state index contributed by atoms with van der Waals surface area (Å²) in [7, 11) is 0. The van der Waals surface area contributed by atoms with Crippen molar-refractivity contribution >= 4 is 34.0 Å². The first-order valence-electron chi connectivity index (χ1n) is 9.94. The van der Waals surface area contributed by atoms with Gasteiger partial charge >= 0.3 is 0 Å². The number of nitrogens with two attached hydrogens (primary N) is 2. The lowest BCUT2D eigenvalue weighted by atomic mass is 10.0. The van der Waals surface area contributed by atoms with Crippen molar-refractivity contribution in [2.45, 2.75) is 26.7 Å². The summed E-state index contributed by atoms with van der Waals surface area (Å²) in [4.78, 5) is 1.97. The van der Waals surface area contributed by atoms with Gasteiger partial charge in [0.05, 0.1) is 18.0 Å². The van der Waals surface area contributed by atoms with Gasteiger partial charge in [-0.1, -0.05) is 54.6 Å². The molecule has 3 rings (SSSR count). The van der Waals surface area contributed by atoms with Crippen molar-refractivity contribution in [2.24, 2.45) is 0 Å². The fraction of sp³-hybridized carbons (Fsp3) is 0.250. The lowest BCUT2D eigenvalue weighted by molar-refractivity contribution is 0.312. The van der Waals surface area contributed by atoms with Gasteiger partial charge < -0.3 is 31.5 Å². The molecule has 0 aliphatic heterocycles. The topological polar surface area (TPSA) is 122 Å². The number of aryl methyl sites for hydroxylation is 1. The second kappa shape index (κ2) is 13.5. The third kappa shape index (κ3) is 7.43. The molecule has 0 aliphatic rings. The highest BCUT2D eigenvalue weighted by Gasteiger charge is 2.12. The number of hydrogen-bond acceptors (Lipinski definition) is 6. The predicted molar refractivity (Wildman–Crippen MR) is 137 cm³/mol. The maximum absolute atomic E-state index is 9.78. The fourth-order valence-electron chi connectivity index (χ4n) is 2.82. The lowest BCUT2D eigenvalue weighted by Gasteiger charge is -2.13. The Bertz CT molecular complexity index is 947.